The average molecular weight is 203 g/mol. The van der Waals surface area contributed by atoms with Crippen molar-refractivity contribution in [3.8, 4) is 5.75 Å². The third-order valence-corrected chi connectivity index (χ3v) is 3.51. The minimum absolute atomic E-state index is 0.580. The Morgan fingerprint density at radius 1 is 1.40 bits per heavy atom. The second kappa shape index (κ2) is 3.53. The van der Waals surface area contributed by atoms with Crippen LogP contribution >= 0.6 is 0 Å². The van der Waals surface area contributed by atoms with Crippen molar-refractivity contribution >= 4 is 0 Å². The highest BCUT2D eigenvalue weighted by molar-refractivity contribution is 5.45. The number of nitrogens with one attached hydrogen (secondary N) is 1. The van der Waals surface area contributed by atoms with Gasteiger partial charge in [-0.2, -0.15) is 0 Å². The van der Waals surface area contributed by atoms with Gasteiger partial charge in [0.25, 0.3) is 0 Å². The van der Waals surface area contributed by atoms with Crippen LogP contribution in [0.2, 0.25) is 0 Å². The summed E-state index contributed by atoms with van der Waals surface area (Å²) in [7, 11) is 0. The van der Waals surface area contributed by atoms with Crippen LogP contribution in [0.4, 0.5) is 0 Å². The highest BCUT2D eigenvalue weighted by Crippen LogP contribution is 2.33. The Morgan fingerprint density at radius 3 is 3.13 bits per heavy atom. The monoisotopic (exact) mass is 203 g/mol. The summed E-state index contributed by atoms with van der Waals surface area (Å²) < 4.78 is 5.58. The van der Waals surface area contributed by atoms with E-state index >= 15 is 0 Å². The zero-order chi connectivity index (χ0) is 10.3. The lowest BCUT2D eigenvalue weighted by molar-refractivity contribution is 0.356. The van der Waals surface area contributed by atoms with Gasteiger partial charge in [0.1, 0.15) is 5.75 Å². The molecule has 1 N–H and O–H groups in total. The topological polar surface area (TPSA) is 21.3 Å². The lowest BCUT2D eigenvalue weighted by Gasteiger charge is -2.15. The molecule has 0 saturated carbocycles. The number of fused-ring (bicyclic) bond motifs is 1. The van der Waals surface area contributed by atoms with Gasteiger partial charge in [-0.15, -0.1) is 0 Å². The molecule has 2 heterocycles. The van der Waals surface area contributed by atoms with E-state index in [0.717, 1.165) is 25.3 Å². The van der Waals surface area contributed by atoms with E-state index in [1.165, 1.54) is 29.5 Å². The van der Waals surface area contributed by atoms with E-state index in [4.69, 9.17) is 4.74 Å². The van der Waals surface area contributed by atoms with Crippen LogP contribution in [0.3, 0.4) is 0 Å². The maximum atomic E-state index is 5.58. The minimum Gasteiger partial charge on any atom is -0.493 e. The maximum Gasteiger partial charge on any atom is 0.122 e. The molecule has 0 bridgehead atoms. The first kappa shape index (κ1) is 9.22. The van der Waals surface area contributed by atoms with Crippen LogP contribution in [0.15, 0.2) is 12.1 Å². The summed E-state index contributed by atoms with van der Waals surface area (Å²) in [5.74, 6) is 1.11. The zero-order valence-corrected chi connectivity index (χ0v) is 9.18. The first-order chi connectivity index (χ1) is 7.34. The lowest BCUT2D eigenvalue weighted by Crippen LogP contribution is -2.14. The molecule has 2 aliphatic rings. The highest BCUT2D eigenvalue weighted by Gasteiger charge is 2.21. The minimum atomic E-state index is 0.580. The Kier molecular flexibility index (Phi) is 2.17. The molecule has 0 radical (unpaired) electrons. The summed E-state index contributed by atoms with van der Waals surface area (Å²) in [6.45, 7) is 4.21. The molecule has 0 aliphatic carbocycles. The van der Waals surface area contributed by atoms with E-state index < -0.39 is 0 Å². The van der Waals surface area contributed by atoms with Crippen molar-refractivity contribution in [3.63, 3.8) is 0 Å². The van der Waals surface area contributed by atoms with Gasteiger partial charge in [-0.1, -0.05) is 6.07 Å². The summed E-state index contributed by atoms with van der Waals surface area (Å²) >= 11 is 0. The lowest BCUT2D eigenvalue weighted by atomic mass is 9.96. The van der Waals surface area contributed by atoms with Crippen molar-refractivity contribution in [1.82, 2.24) is 5.32 Å². The second-order valence-corrected chi connectivity index (χ2v) is 4.56. The Labute approximate surface area is 90.6 Å². The zero-order valence-electron chi connectivity index (χ0n) is 9.18. The number of ether oxygens (including phenoxy) is 1. The summed E-state index contributed by atoms with van der Waals surface area (Å²) in [6.07, 6.45) is 3.66. The van der Waals surface area contributed by atoms with Crippen LogP contribution in [0, 0.1) is 6.92 Å². The van der Waals surface area contributed by atoms with E-state index in [9.17, 15) is 0 Å². The molecule has 2 heteroatoms. The number of benzene rings is 1. The molecule has 1 fully saturated rings. The molecule has 2 nitrogen and oxygen atoms in total. The van der Waals surface area contributed by atoms with Crippen LogP contribution in [-0.2, 0) is 6.42 Å². The van der Waals surface area contributed by atoms with Gasteiger partial charge in [0.05, 0.1) is 6.61 Å². The molecule has 1 aromatic carbocycles. The SMILES string of the molecule is Cc1cc2c(cc1[C@H]1CCCN1)CCO2. The van der Waals surface area contributed by atoms with Crippen LogP contribution in [0.5, 0.6) is 5.75 Å². The molecule has 0 amide bonds. The Bertz CT molecular complexity index is 380. The molecule has 80 valence electrons. The molecule has 1 aromatic rings. The molecule has 1 saturated heterocycles. The molecule has 0 spiro atoms. The quantitative estimate of drug-likeness (QED) is 0.756. The van der Waals surface area contributed by atoms with Gasteiger partial charge in [-0.05, 0) is 49.1 Å². The number of rotatable bonds is 1. The van der Waals surface area contributed by atoms with Crippen molar-refractivity contribution < 1.29 is 4.74 Å². The van der Waals surface area contributed by atoms with E-state index in [2.05, 4.69) is 24.4 Å². The van der Waals surface area contributed by atoms with Crippen LogP contribution in [0.25, 0.3) is 0 Å². The van der Waals surface area contributed by atoms with Crippen molar-refractivity contribution in [1.29, 1.82) is 0 Å². The third-order valence-electron chi connectivity index (χ3n) is 3.51. The molecule has 2 aliphatic heterocycles. The number of hydrogen-bond donors (Lipinski definition) is 1. The van der Waals surface area contributed by atoms with Gasteiger partial charge in [0.2, 0.25) is 0 Å². The van der Waals surface area contributed by atoms with Gasteiger partial charge >= 0.3 is 0 Å². The summed E-state index contributed by atoms with van der Waals surface area (Å²) in [5, 5.41) is 3.56. The van der Waals surface area contributed by atoms with Gasteiger partial charge < -0.3 is 10.1 Å². The predicted octanol–water partition coefficient (Wildman–Crippen LogP) is 2.35. The maximum absolute atomic E-state index is 5.58. The molecule has 15 heavy (non-hydrogen) atoms. The highest BCUT2D eigenvalue weighted by atomic mass is 16.5. The fourth-order valence-corrected chi connectivity index (χ4v) is 2.67. The fourth-order valence-electron chi connectivity index (χ4n) is 2.67. The molecule has 3 rings (SSSR count). The largest absolute Gasteiger partial charge is 0.493 e. The van der Waals surface area contributed by atoms with Crippen molar-refractivity contribution in [2.24, 2.45) is 0 Å². The first-order valence-electron chi connectivity index (χ1n) is 5.84. The summed E-state index contributed by atoms with van der Waals surface area (Å²) in [6, 6.07) is 5.13. The normalized spacial score (nSPS) is 23.9. The van der Waals surface area contributed by atoms with Gasteiger partial charge in [-0.3, -0.25) is 0 Å². The Hall–Kier alpha value is -1.02. The van der Waals surface area contributed by atoms with Gasteiger partial charge in [-0.25, -0.2) is 0 Å². The van der Waals surface area contributed by atoms with E-state index in [-0.39, 0.29) is 0 Å². The Morgan fingerprint density at radius 2 is 2.33 bits per heavy atom. The Balaban J connectivity index is 2.00. The van der Waals surface area contributed by atoms with Gasteiger partial charge in [0, 0.05) is 12.5 Å². The van der Waals surface area contributed by atoms with Crippen LogP contribution < -0.4 is 10.1 Å². The first-order valence-corrected chi connectivity index (χ1v) is 5.84. The number of hydrogen-bond acceptors (Lipinski definition) is 2. The van der Waals surface area contributed by atoms with Crippen molar-refractivity contribution in [2.45, 2.75) is 32.2 Å². The second-order valence-electron chi connectivity index (χ2n) is 4.56. The van der Waals surface area contributed by atoms with Gasteiger partial charge in [0.15, 0.2) is 0 Å². The van der Waals surface area contributed by atoms with E-state index in [0.29, 0.717) is 6.04 Å². The molecule has 0 unspecified atom stereocenters. The van der Waals surface area contributed by atoms with E-state index in [1.807, 2.05) is 0 Å². The molecule has 1 atom stereocenters. The van der Waals surface area contributed by atoms with Crippen molar-refractivity contribution in [2.75, 3.05) is 13.2 Å². The summed E-state index contributed by atoms with van der Waals surface area (Å²) in [5.41, 5.74) is 4.25. The van der Waals surface area contributed by atoms with Crippen molar-refractivity contribution in [3.05, 3.63) is 28.8 Å². The molecular formula is C13H17NO. The predicted molar refractivity (Wildman–Crippen MR) is 60.4 cm³/mol. The van der Waals surface area contributed by atoms with E-state index in [1.54, 1.807) is 0 Å². The van der Waals surface area contributed by atoms with Crippen LogP contribution in [0.1, 0.15) is 35.6 Å². The number of aryl methyl sites for hydroxylation is 1. The molecule has 0 aromatic heterocycles. The summed E-state index contributed by atoms with van der Waals surface area (Å²) in [4.78, 5) is 0. The standard InChI is InChI=1S/C13H17NO/c1-9-7-13-10(4-6-15-13)8-11(9)12-3-2-5-14-12/h7-8,12,14H,2-6H2,1H3/t12-/m1/s1. The smallest absolute Gasteiger partial charge is 0.122 e. The van der Waals surface area contributed by atoms with Crippen LogP contribution in [-0.4, -0.2) is 13.2 Å². The fraction of sp³-hybridized carbons (Fsp3) is 0.538. The third kappa shape index (κ3) is 1.53. The molecular weight excluding hydrogens is 186 g/mol. The average Bonchev–Trinajstić information content (AvgIpc) is 2.85.